The Morgan fingerprint density at radius 1 is 1.38 bits per heavy atom. The number of rotatable bonds is 4. The summed E-state index contributed by atoms with van der Waals surface area (Å²) in [6, 6.07) is 11.4. The predicted molar refractivity (Wildman–Crippen MR) is 109 cm³/mol. The van der Waals surface area contributed by atoms with Crippen molar-refractivity contribution in [2.24, 2.45) is 0 Å². The number of nitrogens with one attached hydrogen (secondary N) is 2. The van der Waals surface area contributed by atoms with Crippen LogP contribution in [0.2, 0.25) is 0 Å². The average molecular weight is 408 g/mol. The number of methoxy groups -OCH3 is 1. The third kappa shape index (κ3) is 3.83. The van der Waals surface area contributed by atoms with Crippen LogP contribution in [-0.4, -0.2) is 24.5 Å². The van der Waals surface area contributed by atoms with E-state index in [0.717, 1.165) is 23.5 Å². The molecule has 0 saturated carbocycles. The van der Waals surface area contributed by atoms with Gasteiger partial charge in [0.15, 0.2) is 5.01 Å². The minimum atomic E-state index is -0.473. The van der Waals surface area contributed by atoms with Crippen molar-refractivity contribution < 1.29 is 13.9 Å². The normalized spacial score (nSPS) is 12.7. The fraction of sp³-hybridized carbons (Fsp3) is 0.190. The molecule has 1 aromatic heterocycles. The molecule has 0 atom stereocenters. The first kappa shape index (κ1) is 19.1. The number of amides is 1. The summed E-state index contributed by atoms with van der Waals surface area (Å²) in [6.45, 7) is 1.55. The van der Waals surface area contributed by atoms with Gasteiger partial charge in [-0.2, -0.15) is 5.26 Å². The van der Waals surface area contributed by atoms with E-state index in [1.54, 1.807) is 24.3 Å². The molecule has 29 heavy (non-hydrogen) atoms. The molecule has 8 heteroatoms. The Hall–Kier alpha value is -3.28. The monoisotopic (exact) mass is 408 g/mol. The van der Waals surface area contributed by atoms with E-state index in [-0.39, 0.29) is 11.5 Å². The molecule has 2 heterocycles. The minimum Gasteiger partial charge on any atom is -0.497 e. The molecule has 0 fully saturated rings. The molecule has 2 N–H and O–H groups in total. The number of carbonyl (C=O) groups excluding carboxylic acids is 1. The second kappa shape index (κ2) is 7.99. The van der Waals surface area contributed by atoms with Gasteiger partial charge in [-0.25, -0.2) is 9.37 Å². The number of anilines is 1. The van der Waals surface area contributed by atoms with Crippen LogP contribution in [0, 0.1) is 17.1 Å². The first-order chi connectivity index (χ1) is 14.1. The Morgan fingerprint density at radius 3 is 3.00 bits per heavy atom. The largest absolute Gasteiger partial charge is 0.497 e. The Bertz CT molecular complexity index is 1110. The van der Waals surface area contributed by atoms with Gasteiger partial charge < -0.3 is 15.4 Å². The van der Waals surface area contributed by atoms with Crippen molar-refractivity contribution in [2.75, 3.05) is 19.0 Å². The van der Waals surface area contributed by atoms with Crippen LogP contribution in [0.25, 0.3) is 11.1 Å². The zero-order valence-corrected chi connectivity index (χ0v) is 16.4. The van der Waals surface area contributed by atoms with E-state index in [1.807, 2.05) is 0 Å². The Kier molecular flexibility index (Phi) is 5.25. The van der Waals surface area contributed by atoms with Gasteiger partial charge in [0.25, 0.3) is 5.91 Å². The standard InChI is InChI=1S/C21H17FN4O2S/c1-28-14-8-12(7-13(22)9-14)15-3-2-4-17(16(15)10-23)25-20(27)21-26-18-5-6-24-11-19(18)29-21/h2-4,7-9,24H,5-6,11H2,1H3,(H,25,27). The highest BCUT2D eigenvalue weighted by Gasteiger charge is 2.20. The number of nitriles is 1. The van der Waals surface area contributed by atoms with E-state index in [9.17, 15) is 14.4 Å². The molecule has 0 spiro atoms. The number of aromatic nitrogens is 1. The molecule has 0 aliphatic carbocycles. The molecule has 0 radical (unpaired) electrons. The Labute approximate surface area is 171 Å². The summed E-state index contributed by atoms with van der Waals surface area (Å²) >= 11 is 1.35. The summed E-state index contributed by atoms with van der Waals surface area (Å²) in [4.78, 5) is 18.2. The van der Waals surface area contributed by atoms with E-state index < -0.39 is 5.82 Å². The van der Waals surface area contributed by atoms with Crippen LogP contribution in [0.3, 0.4) is 0 Å². The lowest BCUT2D eigenvalue weighted by Crippen LogP contribution is -2.22. The zero-order valence-electron chi connectivity index (χ0n) is 15.6. The lowest BCUT2D eigenvalue weighted by atomic mass is 9.98. The highest BCUT2D eigenvalue weighted by molar-refractivity contribution is 7.13. The van der Waals surface area contributed by atoms with E-state index in [1.165, 1.54) is 30.6 Å². The van der Waals surface area contributed by atoms with Crippen LogP contribution in [0.1, 0.15) is 25.9 Å². The first-order valence-electron chi connectivity index (χ1n) is 8.97. The summed E-state index contributed by atoms with van der Waals surface area (Å²) in [5.41, 5.74) is 2.54. The molecule has 1 aliphatic rings. The molecular weight excluding hydrogens is 391 g/mol. The third-order valence-corrected chi connectivity index (χ3v) is 5.74. The van der Waals surface area contributed by atoms with Gasteiger partial charge in [-0.15, -0.1) is 11.3 Å². The number of halogens is 1. The first-order valence-corrected chi connectivity index (χ1v) is 9.79. The van der Waals surface area contributed by atoms with Crippen molar-refractivity contribution in [3.8, 4) is 22.9 Å². The van der Waals surface area contributed by atoms with Gasteiger partial charge in [0.2, 0.25) is 0 Å². The van der Waals surface area contributed by atoms with Crippen molar-refractivity contribution >= 4 is 22.9 Å². The van der Waals surface area contributed by atoms with Gasteiger partial charge in [-0.3, -0.25) is 4.79 Å². The van der Waals surface area contributed by atoms with Crippen LogP contribution >= 0.6 is 11.3 Å². The van der Waals surface area contributed by atoms with Gasteiger partial charge in [0.05, 0.1) is 24.1 Å². The van der Waals surface area contributed by atoms with Gasteiger partial charge in [-0.1, -0.05) is 12.1 Å². The summed E-state index contributed by atoms with van der Waals surface area (Å²) in [6.07, 6.45) is 0.791. The van der Waals surface area contributed by atoms with E-state index in [0.29, 0.717) is 34.1 Å². The molecule has 2 aromatic carbocycles. The molecular formula is C21H17FN4O2S. The van der Waals surface area contributed by atoms with Crippen LogP contribution < -0.4 is 15.4 Å². The predicted octanol–water partition coefficient (Wildman–Crippen LogP) is 3.73. The molecule has 0 bridgehead atoms. The number of carbonyl (C=O) groups is 1. The second-order valence-electron chi connectivity index (χ2n) is 6.49. The number of hydrogen-bond acceptors (Lipinski definition) is 6. The maximum absolute atomic E-state index is 13.9. The molecule has 4 rings (SSSR count). The molecule has 3 aromatic rings. The molecule has 146 valence electrons. The van der Waals surface area contributed by atoms with E-state index in [2.05, 4.69) is 21.7 Å². The number of thiazole rings is 1. The summed E-state index contributed by atoms with van der Waals surface area (Å²) in [7, 11) is 1.45. The van der Waals surface area contributed by atoms with Crippen LogP contribution in [0.15, 0.2) is 36.4 Å². The van der Waals surface area contributed by atoms with Crippen LogP contribution in [-0.2, 0) is 13.0 Å². The molecule has 1 aliphatic heterocycles. The van der Waals surface area contributed by atoms with Crippen molar-refractivity contribution in [3.05, 3.63) is 63.4 Å². The third-order valence-electron chi connectivity index (χ3n) is 4.64. The van der Waals surface area contributed by atoms with Crippen molar-refractivity contribution in [1.29, 1.82) is 5.26 Å². The van der Waals surface area contributed by atoms with Crippen molar-refractivity contribution in [3.63, 3.8) is 0 Å². The fourth-order valence-electron chi connectivity index (χ4n) is 3.25. The quantitative estimate of drug-likeness (QED) is 0.687. The van der Waals surface area contributed by atoms with E-state index >= 15 is 0 Å². The smallest absolute Gasteiger partial charge is 0.284 e. The van der Waals surface area contributed by atoms with Gasteiger partial charge in [0, 0.05) is 36.0 Å². The molecule has 0 saturated heterocycles. The zero-order chi connectivity index (χ0) is 20.4. The topological polar surface area (TPSA) is 87.0 Å². The van der Waals surface area contributed by atoms with E-state index in [4.69, 9.17) is 4.74 Å². The highest BCUT2D eigenvalue weighted by Crippen LogP contribution is 2.32. The second-order valence-corrected chi connectivity index (χ2v) is 7.57. The maximum Gasteiger partial charge on any atom is 0.284 e. The maximum atomic E-state index is 13.9. The number of ether oxygens (including phenoxy) is 1. The molecule has 6 nitrogen and oxygen atoms in total. The number of fused-ring (bicyclic) bond motifs is 1. The molecule has 0 unspecified atom stereocenters. The highest BCUT2D eigenvalue weighted by atomic mass is 32.1. The minimum absolute atomic E-state index is 0.247. The summed E-state index contributed by atoms with van der Waals surface area (Å²) in [5.74, 6) is -0.491. The van der Waals surface area contributed by atoms with Gasteiger partial charge in [-0.05, 0) is 23.8 Å². The average Bonchev–Trinajstić information content (AvgIpc) is 3.17. The SMILES string of the molecule is COc1cc(F)cc(-c2cccc(NC(=O)c3nc4c(s3)CNCC4)c2C#N)c1. The summed E-state index contributed by atoms with van der Waals surface area (Å²) in [5, 5.41) is 16.1. The van der Waals surface area contributed by atoms with Gasteiger partial charge in [0.1, 0.15) is 17.6 Å². The Morgan fingerprint density at radius 2 is 2.24 bits per heavy atom. The molecule has 1 amide bonds. The lowest BCUT2D eigenvalue weighted by Gasteiger charge is -2.11. The van der Waals surface area contributed by atoms with Crippen molar-refractivity contribution in [1.82, 2.24) is 10.3 Å². The lowest BCUT2D eigenvalue weighted by molar-refractivity contribution is 0.102. The van der Waals surface area contributed by atoms with Gasteiger partial charge >= 0.3 is 0 Å². The van der Waals surface area contributed by atoms with Crippen molar-refractivity contribution in [2.45, 2.75) is 13.0 Å². The van der Waals surface area contributed by atoms with Crippen LogP contribution in [0.4, 0.5) is 10.1 Å². The summed E-state index contributed by atoms with van der Waals surface area (Å²) < 4.78 is 19.1. The van der Waals surface area contributed by atoms with Crippen LogP contribution in [0.5, 0.6) is 5.75 Å². The number of benzene rings is 2. The fourth-order valence-corrected chi connectivity index (χ4v) is 4.22. The Balaban J connectivity index is 1.68. The number of hydrogen-bond donors (Lipinski definition) is 2. The number of nitrogens with zero attached hydrogens (tertiary/aromatic N) is 2.